The number of hydrogen-bond donors (Lipinski definition) is 2. The van der Waals surface area contributed by atoms with E-state index in [0.29, 0.717) is 22.2 Å². The zero-order valence-corrected chi connectivity index (χ0v) is 12.6. The molecule has 0 bridgehead atoms. The molecule has 0 spiro atoms. The first kappa shape index (κ1) is 15.6. The minimum atomic E-state index is -0.707. The van der Waals surface area contributed by atoms with Crippen molar-refractivity contribution >= 4 is 28.3 Å². The summed E-state index contributed by atoms with van der Waals surface area (Å²) in [5.74, 6) is -0.768. The molecule has 6 heteroatoms. The van der Waals surface area contributed by atoms with E-state index in [2.05, 4.69) is 5.32 Å². The van der Waals surface area contributed by atoms with Crippen LogP contribution in [0.1, 0.15) is 20.7 Å². The Morgan fingerprint density at radius 3 is 2.46 bits per heavy atom. The molecule has 6 nitrogen and oxygen atoms in total. The van der Waals surface area contributed by atoms with Crippen molar-refractivity contribution in [2.75, 3.05) is 11.9 Å². The van der Waals surface area contributed by atoms with E-state index in [0.717, 1.165) is 0 Å². The zero-order valence-electron chi connectivity index (χ0n) is 12.6. The van der Waals surface area contributed by atoms with Crippen LogP contribution in [-0.4, -0.2) is 18.2 Å². The Balaban J connectivity index is 1.86. The number of anilines is 1. The molecule has 3 N–H and O–H groups in total. The van der Waals surface area contributed by atoms with Crippen molar-refractivity contribution in [3.05, 3.63) is 76.1 Å². The zero-order chi connectivity index (χ0) is 17.1. The van der Waals surface area contributed by atoms with Gasteiger partial charge in [-0.2, -0.15) is 0 Å². The second kappa shape index (κ2) is 6.47. The number of rotatable bonds is 4. The molecule has 0 aliphatic rings. The van der Waals surface area contributed by atoms with Crippen LogP contribution in [0.25, 0.3) is 11.0 Å². The quantitative estimate of drug-likeness (QED) is 0.566. The normalized spacial score (nSPS) is 10.5. The van der Waals surface area contributed by atoms with Crippen molar-refractivity contribution in [2.45, 2.75) is 0 Å². The number of carbonyl (C=O) groups is 2. The SMILES string of the molecule is NCC(=O)c1ccc(NC(=O)c2cc3ccccc3oc2=O)cc1. The summed E-state index contributed by atoms with van der Waals surface area (Å²) in [6, 6.07) is 14.7. The molecule has 1 aromatic heterocycles. The number of fused-ring (bicyclic) bond motifs is 1. The van der Waals surface area contributed by atoms with E-state index in [4.69, 9.17) is 10.2 Å². The van der Waals surface area contributed by atoms with Gasteiger partial charge in [0.25, 0.3) is 5.91 Å². The van der Waals surface area contributed by atoms with Crippen LogP contribution in [0.2, 0.25) is 0 Å². The molecule has 1 amide bonds. The third-order valence-electron chi connectivity index (χ3n) is 3.54. The number of Topliss-reactive ketones (excluding diaryl/α,β-unsaturated/α-hetero) is 1. The Morgan fingerprint density at radius 2 is 1.75 bits per heavy atom. The van der Waals surface area contributed by atoms with Crippen LogP contribution in [0, 0.1) is 0 Å². The molecule has 0 saturated carbocycles. The second-order valence-corrected chi connectivity index (χ2v) is 5.14. The van der Waals surface area contributed by atoms with E-state index < -0.39 is 11.5 Å². The number of nitrogens with one attached hydrogen (secondary N) is 1. The number of para-hydroxylation sites is 1. The second-order valence-electron chi connectivity index (χ2n) is 5.14. The van der Waals surface area contributed by atoms with Crippen LogP contribution in [-0.2, 0) is 0 Å². The van der Waals surface area contributed by atoms with E-state index >= 15 is 0 Å². The Hall–Kier alpha value is -3.25. The maximum Gasteiger partial charge on any atom is 0.349 e. The van der Waals surface area contributed by atoms with Crippen molar-refractivity contribution in [2.24, 2.45) is 5.73 Å². The minimum Gasteiger partial charge on any atom is -0.422 e. The first-order valence-corrected chi connectivity index (χ1v) is 7.26. The Bertz CT molecular complexity index is 974. The number of ketones is 1. The van der Waals surface area contributed by atoms with Gasteiger partial charge in [0.15, 0.2) is 5.78 Å². The molecule has 24 heavy (non-hydrogen) atoms. The summed E-state index contributed by atoms with van der Waals surface area (Å²) >= 11 is 0. The molecule has 3 aromatic rings. The molecule has 0 radical (unpaired) electrons. The van der Waals surface area contributed by atoms with Crippen LogP contribution in [0.4, 0.5) is 5.69 Å². The summed E-state index contributed by atoms with van der Waals surface area (Å²) in [7, 11) is 0. The predicted molar refractivity (Wildman–Crippen MR) is 90.3 cm³/mol. The lowest BCUT2D eigenvalue weighted by molar-refractivity contribution is 0.0999. The van der Waals surface area contributed by atoms with Gasteiger partial charge in [0.1, 0.15) is 11.1 Å². The van der Waals surface area contributed by atoms with E-state index in [-0.39, 0.29) is 17.9 Å². The molecule has 0 saturated heterocycles. The summed E-state index contributed by atoms with van der Waals surface area (Å²) in [5, 5.41) is 3.26. The molecule has 120 valence electrons. The maximum absolute atomic E-state index is 12.3. The molecular weight excluding hydrogens is 308 g/mol. The highest BCUT2D eigenvalue weighted by molar-refractivity contribution is 6.05. The number of nitrogens with two attached hydrogens (primary N) is 1. The van der Waals surface area contributed by atoms with E-state index in [1.807, 2.05) is 0 Å². The smallest absolute Gasteiger partial charge is 0.349 e. The lowest BCUT2D eigenvalue weighted by atomic mass is 10.1. The van der Waals surface area contributed by atoms with E-state index in [1.165, 1.54) is 6.07 Å². The highest BCUT2D eigenvalue weighted by Crippen LogP contribution is 2.15. The lowest BCUT2D eigenvalue weighted by Crippen LogP contribution is -2.20. The Kier molecular flexibility index (Phi) is 4.22. The standard InChI is InChI=1S/C18H14N2O4/c19-10-15(21)11-5-7-13(8-6-11)20-17(22)14-9-12-3-1-2-4-16(12)24-18(14)23/h1-9H,10,19H2,(H,20,22). The molecule has 0 atom stereocenters. The van der Waals surface area contributed by atoms with Crippen LogP contribution in [0.3, 0.4) is 0 Å². The van der Waals surface area contributed by atoms with Crippen molar-refractivity contribution in [3.63, 3.8) is 0 Å². The number of benzene rings is 2. The van der Waals surface area contributed by atoms with Gasteiger partial charge in [0.05, 0.1) is 6.54 Å². The molecule has 2 aromatic carbocycles. The summed E-state index contributed by atoms with van der Waals surface area (Å²) in [6.45, 7) is -0.0795. The number of hydrogen-bond acceptors (Lipinski definition) is 5. The van der Waals surface area contributed by atoms with Gasteiger partial charge in [-0.3, -0.25) is 9.59 Å². The molecule has 3 rings (SSSR count). The van der Waals surface area contributed by atoms with Gasteiger partial charge in [-0.25, -0.2) is 4.79 Å². The Morgan fingerprint density at radius 1 is 1.04 bits per heavy atom. The molecular formula is C18H14N2O4. The van der Waals surface area contributed by atoms with Crippen molar-refractivity contribution in [3.8, 4) is 0 Å². The van der Waals surface area contributed by atoms with Crippen molar-refractivity contribution < 1.29 is 14.0 Å². The fourth-order valence-corrected chi connectivity index (χ4v) is 2.28. The van der Waals surface area contributed by atoms with Crippen LogP contribution in [0.5, 0.6) is 0 Å². The number of amides is 1. The maximum atomic E-state index is 12.3. The van der Waals surface area contributed by atoms with Gasteiger partial charge in [0, 0.05) is 16.6 Å². The summed E-state index contributed by atoms with van der Waals surface area (Å²) < 4.78 is 5.14. The number of carbonyl (C=O) groups excluding carboxylic acids is 2. The van der Waals surface area contributed by atoms with Crippen molar-refractivity contribution in [1.29, 1.82) is 0 Å². The van der Waals surface area contributed by atoms with Gasteiger partial charge < -0.3 is 15.5 Å². The van der Waals surface area contributed by atoms with Gasteiger partial charge in [-0.15, -0.1) is 0 Å². The summed E-state index contributed by atoms with van der Waals surface area (Å²) in [5.41, 5.74) is 5.84. The van der Waals surface area contributed by atoms with Gasteiger partial charge in [0.2, 0.25) is 0 Å². The average molecular weight is 322 g/mol. The molecule has 0 aliphatic carbocycles. The third kappa shape index (κ3) is 3.09. The van der Waals surface area contributed by atoms with Crippen molar-refractivity contribution in [1.82, 2.24) is 0 Å². The fraction of sp³-hybridized carbons (Fsp3) is 0.0556. The molecule has 0 unspecified atom stereocenters. The van der Waals surface area contributed by atoms with Crippen LogP contribution in [0.15, 0.2) is 63.8 Å². The van der Waals surface area contributed by atoms with Crippen LogP contribution < -0.4 is 16.7 Å². The highest BCUT2D eigenvalue weighted by Gasteiger charge is 2.14. The largest absolute Gasteiger partial charge is 0.422 e. The molecule has 0 fully saturated rings. The van der Waals surface area contributed by atoms with E-state index in [9.17, 15) is 14.4 Å². The topological polar surface area (TPSA) is 102 Å². The fourth-order valence-electron chi connectivity index (χ4n) is 2.28. The van der Waals surface area contributed by atoms with Gasteiger partial charge in [-0.05, 0) is 36.4 Å². The van der Waals surface area contributed by atoms with Gasteiger partial charge >= 0.3 is 5.63 Å². The highest BCUT2D eigenvalue weighted by atomic mass is 16.4. The summed E-state index contributed by atoms with van der Waals surface area (Å²) in [4.78, 5) is 35.7. The van der Waals surface area contributed by atoms with E-state index in [1.54, 1.807) is 48.5 Å². The predicted octanol–water partition coefficient (Wildman–Crippen LogP) is 2.19. The Labute approximate surface area is 136 Å². The first-order valence-electron chi connectivity index (χ1n) is 7.26. The molecule has 0 aliphatic heterocycles. The molecule has 1 heterocycles. The lowest BCUT2D eigenvalue weighted by Gasteiger charge is -2.06. The average Bonchev–Trinajstić information content (AvgIpc) is 2.61. The van der Waals surface area contributed by atoms with Crippen LogP contribution >= 0.6 is 0 Å². The minimum absolute atomic E-state index is 0.0795. The monoisotopic (exact) mass is 322 g/mol. The van der Waals surface area contributed by atoms with Gasteiger partial charge in [-0.1, -0.05) is 18.2 Å². The third-order valence-corrected chi connectivity index (χ3v) is 3.54. The summed E-state index contributed by atoms with van der Waals surface area (Å²) in [6.07, 6.45) is 0. The first-order chi connectivity index (χ1) is 11.6.